The number of ether oxygens (including phenoxy) is 1. The molecule has 3 atom stereocenters. The van der Waals surface area contributed by atoms with Crippen LogP contribution in [-0.4, -0.2) is 47.2 Å². The number of hydrogen-bond donors (Lipinski definition) is 1. The number of likely N-dealkylation sites (tertiary alicyclic amines) is 1. The predicted octanol–water partition coefficient (Wildman–Crippen LogP) is 3.37. The lowest BCUT2D eigenvalue weighted by atomic mass is 9.71. The molecule has 1 saturated heterocycles. The van der Waals surface area contributed by atoms with Crippen molar-refractivity contribution < 1.29 is 19.2 Å². The van der Waals surface area contributed by atoms with E-state index in [9.17, 15) is 19.7 Å². The molecule has 0 unspecified atom stereocenters. The third-order valence-corrected chi connectivity index (χ3v) is 6.87. The number of amides is 1. The molecule has 1 amide bonds. The van der Waals surface area contributed by atoms with Gasteiger partial charge in [0.1, 0.15) is 17.0 Å². The number of fused-ring (bicyclic) bond motifs is 2. The number of nitrogens with zero attached hydrogens (tertiary/aromatic N) is 3. The van der Waals surface area contributed by atoms with Gasteiger partial charge in [0.25, 0.3) is 5.69 Å². The lowest BCUT2D eigenvalue weighted by molar-refractivity contribution is -0.384. The van der Waals surface area contributed by atoms with E-state index in [4.69, 9.17) is 4.74 Å². The number of likely N-dealkylation sites (N-methyl/N-ethyl adjacent to an activating group) is 1. The Morgan fingerprint density at radius 3 is 2.74 bits per heavy atom. The van der Waals surface area contributed by atoms with E-state index in [0.29, 0.717) is 29.1 Å². The first-order valence-electron chi connectivity index (χ1n) is 10.8. The maximum atomic E-state index is 14.0. The zero-order valence-corrected chi connectivity index (χ0v) is 18.6. The lowest BCUT2D eigenvalue weighted by Crippen LogP contribution is -2.51. The fraction of sp³-hybridized carbons (Fsp3) is 0.240. The molecule has 1 spiro atoms. The summed E-state index contributed by atoms with van der Waals surface area (Å²) in [6, 6.07) is 16.6. The number of nitrogens with one attached hydrogen (secondary N) is 1. The Labute approximate surface area is 195 Å². The SMILES string of the molecule is COc1ccc2c(c1)[C@]1(C(=O)N2)[C@H](C(=O)c2ccccn2)[C@@H](c2cccc([N+](=O)[O-])c2)CN1C. The predicted molar refractivity (Wildman–Crippen MR) is 124 cm³/mol. The molecular weight excluding hydrogens is 436 g/mol. The molecule has 3 aromatic rings. The summed E-state index contributed by atoms with van der Waals surface area (Å²) >= 11 is 0. The van der Waals surface area contributed by atoms with E-state index < -0.39 is 22.3 Å². The Hall–Kier alpha value is -4.11. The second-order valence-corrected chi connectivity index (χ2v) is 8.53. The van der Waals surface area contributed by atoms with Crippen LogP contribution in [0.25, 0.3) is 0 Å². The second kappa shape index (κ2) is 8.03. The van der Waals surface area contributed by atoms with Gasteiger partial charge in [-0.05, 0) is 42.9 Å². The zero-order chi connectivity index (χ0) is 24.0. The molecule has 0 bridgehead atoms. The van der Waals surface area contributed by atoms with Gasteiger partial charge >= 0.3 is 0 Å². The van der Waals surface area contributed by atoms with Gasteiger partial charge in [0.05, 0.1) is 18.0 Å². The first kappa shape index (κ1) is 21.7. The molecule has 9 heteroatoms. The standard InChI is InChI=1S/C25H22N4O5/c1-28-14-18(15-6-5-7-16(12-15)29(32)33)22(23(30)21-8-3-4-11-26-21)25(28)19-13-17(34-2)9-10-20(19)27-24(25)31/h3-13,18,22H,14H2,1-2H3,(H,27,31)/t18-,22+,25-/m1/s1. The number of nitro benzene ring substituents is 1. The minimum Gasteiger partial charge on any atom is -0.497 e. The van der Waals surface area contributed by atoms with Gasteiger partial charge in [-0.2, -0.15) is 0 Å². The van der Waals surface area contributed by atoms with Crippen molar-refractivity contribution in [2.75, 3.05) is 26.0 Å². The Morgan fingerprint density at radius 2 is 2.03 bits per heavy atom. The summed E-state index contributed by atoms with van der Waals surface area (Å²) < 4.78 is 5.42. The number of ketones is 1. The van der Waals surface area contributed by atoms with Gasteiger partial charge in [-0.3, -0.25) is 29.6 Å². The van der Waals surface area contributed by atoms with Crippen molar-refractivity contribution in [1.29, 1.82) is 0 Å². The lowest BCUT2D eigenvalue weighted by Gasteiger charge is -2.35. The van der Waals surface area contributed by atoms with Crippen LogP contribution in [0.1, 0.15) is 27.5 Å². The van der Waals surface area contributed by atoms with Crippen molar-refractivity contribution in [2.45, 2.75) is 11.5 Å². The number of anilines is 1. The van der Waals surface area contributed by atoms with Crippen molar-refractivity contribution in [1.82, 2.24) is 9.88 Å². The number of carbonyl (C=O) groups excluding carboxylic acids is 2. The summed E-state index contributed by atoms with van der Waals surface area (Å²) in [5.74, 6) is -1.41. The summed E-state index contributed by atoms with van der Waals surface area (Å²) in [6.07, 6.45) is 1.53. The van der Waals surface area contributed by atoms with Gasteiger partial charge < -0.3 is 10.1 Å². The molecule has 1 N–H and O–H groups in total. The highest BCUT2D eigenvalue weighted by atomic mass is 16.6. The van der Waals surface area contributed by atoms with Crippen LogP contribution in [0, 0.1) is 16.0 Å². The number of nitro groups is 1. The van der Waals surface area contributed by atoms with Crippen LogP contribution in [0.4, 0.5) is 11.4 Å². The molecule has 5 rings (SSSR count). The maximum absolute atomic E-state index is 14.0. The van der Waals surface area contributed by atoms with Crippen LogP contribution in [0.5, 0.6) is 5.75 Å². The number of hydrogen-bond acceptors (Lipinski definition) is 7. The number of rotatable bonds is 5. The smallest absolute Gasteiger partial charge is 0.269 e. The summed E-state index contributed by atoms with van der Waals surface area (Å²) in [6.45, 7) is 0.342. The van der Waals surface area contributed by atoms with Crippen LogP contribution in [-0.2, 0) is 10.3 Å². The van der Waals surface area contributed by atoms with E-state index in [2.05, 4.69) is 10.3 Å². The summed E-state index contributed by atoms with van der Waals surface area (Å²) in [5, 5.41) is 14.4. The third kappa shape index (κ3) is 3.08. The van der Waals surface area contributed by atoms with E-state index in [0.717, 1.165) is 0 Å². The number of non-ortho nitro benzene ring substituents is 1. The minimum absolute atomic E-state index is 0.0666. The quantitative estimate of drug-likeness (QED) is 0.354. The average Bonchev–Trinajstić information content (AvgIpc) is 3.33. The topological polar surface area (TPSA) is 115 Å². The molecule has 1 aromatic heterocycles. The molecule has 3 heterocycles. The Morgan fingerprint density at radius 1 is 1.21 bits per heavy atom. The van der Waals surface area contributed by atoms with E-state index in [-0.39, 0.29) is 23.1 Å². The van der Waals surface area contributed by atoms with E-state index in [1.807, 2.05) is 4.90 Å². The second-order valence-electron chi connectivity index (χ2n) is 8.53. The maximum Gasteiger partial charge on any atom is 0.269 e. The molecule has 2 aliphatic rings. The van der Waals surface area contributed by atoms with Crippen molar-refractivity contribution in [3.05, 3.63) is 93.8 Å². The van der Waals surface area contributed by atoms with Crippen LogP contribution in [0.2, 0.25) is 0 Å². The molecule has 34 heavy (non-hydrogen) atoms. The Kier molecular flexibility index (Phi) is 5.13. The van der Waals surface area contributed by atoms with Gasteiger partial charge in [0.15, 0.2) is 5.78 Å². The Balaban J connectivity index is 1.74. The van der Waals surface area contributed by atoms with Crippen molar-refractivity contribution in [3.63, 3.8) is 0 Å². The van der Waals surface area contributed by atoms with E-state index >= 15 is 0 Å². The van der Waals surface area contributed by atoms with Gasteiger partial charge in [-0.25, -0.2) is 0 Å². The van der Waals surface area contributed by atoms with E-state index in [1.54, 1.807) is 62.7 Å². The number of pyridine rings is 1. The van der Waals surface area contributed by atoms with E-state index in [1.165, 1.54) is 18.3 Å². The minimum atomic E-state index is -1.33. The summed E-state index contributed by atoms with van der Waals surface area (Å²) in [4.78, 5) is 44.8. The fourth-order valence-corrected chi connectivity index (χ4v) is 5.38. The highest BCUT2D eigenvalue weighted by Crippen LogP contribution is 2.56. The number of aromatic nitrogens is 1. The number of benzene rings is 2. The number of carbonyl (C=O) groups is 2. The van der Waals surface area contributed by atoms with Crippen molar-refractivity contribution >= 4 is 23.1 Å². The molecule has 2 aliphatic heterocycles. The van der Waals surface area contributed by atoms with Gasteiger partial charge in [-0.1, -0.05) is 18.2 Å². The largest absolute Gasteiger partial charge is 0.497 e. The van der Waals surface area contributed by atoms with Gasteiger partial charge in [-0.15, -0.1) is 0 Å². The van der Waals surface area contributed by atoms with Gasteiger partial charge in [0.2, 0.25) is 5.91 Å². The Bertz CT molecular complexity index is 1310. The molecule has 0 saturated carbocycles. The monoisotopic (exact) mass is 458 g/mol. The summed E-state index contributed by atoms with van der Waals surface area (Å²) in [5.41, 5.74) is 0.715. The third-order valence-electron chi connectivity index (χ3n) is 6.87. The highest BCUT2D eigenvalue weighted by molar-refractivity contribution is 6.12. The van der Waals surface area contributed by atoms with Crippen LogP contribution in [0.3, 0.4) is 0 Å². The average molecular weight is 458 g/mol. The number of Topliss-reactive ketones (excluding diaryl/α,β-unsaturated/α-hetero) is 1. The first-order chi connectivity index (χ1) is 16.4. The normalized spacial score (nSPS) is 23.5. The summed E-state index contributed by atoms with van der Waals surface area (Å²) in [7, 11) is 3.34. The molecule has 172 valence electrons. The first-order valence-corrected chi connectivity index (χ1v) is 10.8. The van der Waals surface area contributed by atoms with Crippen molar-refractivity contribution in [2.24, 2.45) is 5.92 Å². The van der Waals surface area contributed by atoms with Crippen LogP contribution >= 0.6 is 0 Å². The highest BCUT2D eigenvalue weighted by Gasteiger charge is 2.64. The van der Waals surface area contributed by atoms with Crippen molar-refractivity contribution in [3.8, 4) is 5.75 Å². The number of methoxy groups -OCH3 is 1. The molecule has 9 nitrogen and oxygen atoms in total. The molecular formula is C25H22N4O5. The molecule has 1 fully saturated rings. The fourth-order valence-electron chi connectivity index (χ4n) is 5.38. The van der Waals surface area contributed by atoms with Crippen LogP contribution < -0.4 is 10.1 Å². The molecule has 2 aromatic carbocycles. The molecule has 0 radical (unpaired) electrons. The zero-order valence-electron chi connectivity index (χ0n) is 18.6. The van der Waals surface area contributed by atoms with Crippen LogP contribution in [0.15, 0.2) is 66.9 Å². The van der Waals surface area contributed by atoms with Gasteiger partial charge in [0, 0.05) is 42.0 Å². The molecule has 0 aliphatic carbocycles.